The van der Waals surface area contributed by atoms with Gasteiger partial charge in [0.25, 0.3) is 0 Å². The molecule has 0 aliphatic carbocycles. The first kappa shape index (κ1) is 17.0. The second-order valence-electron chi connectivity index (χ2n) is 7.42. The van der Waals surface area contributed by atoms with E-state index in [0.29, 0.717) is 0 Å². The molecule has 128 valence electrons. The van der Waals surface area contributed by atoms with Crippen molar-refractivity contribution in [2.24, 2.45) is 0 Å². The summed E-state index contributed by atoms with van der Waals surface area (Å²) in [5.41, 5.74) is 2.67. The molecule has 2 heteroatoms. The van der Waals surface area contributed by atoms with Crippen molar-refractivity contribution in [1.29, 1.82) is 0 Å². The predicted molar refractivity (Wildman–Crippen MR) is 99.9 cm³/mol. The molecule has 0 aromatic heterocycles. The molecule has 0 saturated carbocycles. The van der Waals surface area contributed by atoms with Crippen LogP contribution in [0, 0.1) is 0 Å². The Balaban J connectivity index is 1.53. The summed E-state index contributed by atoms with van der Waals surface area (Å²) < 4.78 is 5.93. The highest BCUT2D eigenvalue weighted by Crippen LogP contribution is 2.32. The Morgan fingerprint density at radius 3 is 2.17 bits per heavy atom. The third-order valence-corrected chi connectivity index (χ3v) is 5.33. The second-order valence-corrected chi connectivity index (χ2v) is 7.42. The number of likely N-dealkylation sites (tertiary alicyclic amines) is 1. The van der Waals surface area contributed by atoms with Gasteiger partial charge in [-0.2, -0.15) is 0 Å². The molecule has 1 N–H and O–H groups in total. The summed E-state index contributed by atoms with van der Waals surface area (Å²) >= 11 is 0. The molecule has 24 heavy (non-hydrogen) atoms. The highest BCUT2D eigenvalue weighted by Gasteiger charge is 2.22. The summed E-state index contributed by atoms with van der Waals surface area (Å²) in [5.74, 6) is 0.985. The summed E-state index contributed by atoms with van der Waals surface area (Å²) in [6.07, 6.45) is 3.94. The molecule has 3 rings (SSSR count). The summed E-state index contributed by atoms with van der Waals surface area (Å²) in [4.78, 5) is 1.75. The first-order valence-corrected chi connectivity index (χ1v) is 9.29. The second kappa shape index (κ2) is 7.85. The lowest BCUT2D eigenvalue weighted by molar-refractivity contribution is -0.887. The average Bonchev–Trinajstić information content (AvgIpc) is 3.13. The molecule has 1 saturated heterocycles. The first-order valence-electron chi connectivity index (χ1n) is 9.29. The Kier molecular flexibility index (Phi) is 5.57. The van der Waals surface area contributed by atoms with Gasteiger partial charge in [-0.3, -0.25) is 0 Å². The fourth-order valence-corrected chi connectivity index (χ4v) is 3.63. The molecular weight excluding hydrogens is 294 g/mol. The van der Waals surface area contributed by atoms with Crippen LogP contribution in [0.1, 0.15) is 44.2 Å². The normalized spacial score (nSPS) is 15.6. The number of rotatable bonds is 7. The van der Waals surface area contributed by atoms with Crippen molar-refractivity contribution in [3.63, 3.8) is 0 Å². The summed E-state index contributed by atoms with van der Waals surface area (Å²) in [6.45, 7) is 9.32. The van der Waals surface area contributed by atoms with E-state index in [2.05, 4.69) is 68.4 Å². The lowest BCUT2D eigenvalue weighted by atomic mass is 9.78. The van der Waals surface area contributed by atoms with E-state index in [-0.39, 0.29) is 5.41 Å². The molecule has 0 spiro atoms. The van der Waals surface area contributed by atoms with Gasteiger partial charge in [0, 0.05) is 24.7 Å². The van der Waals surface area contributed by atoms with Gasteiger partial charge in [0.05, 0.1) is 26.2 Å². The lowest BCUT2D eigenvalue weighted by Crippen LogP contribution is -3.10. The topological polar surface area (TPSA) is 13.7 Å². The van der Waals surface area contributed by atoms with E-state index in [0.717, 1.165) is 18.8 Å². The maximum absolute atomic E-state index is 5.93. The van der Waals surface area contributed by atoms with Crippen LogP contribution in [0.3, 0.4) is 0 Å². The van der Waals surface area contributed by atoms with Gasteiger partial charge in [-0.05, 0) is 23.3 Å². The minimum atomic E-state index is 0.0128. The predicted octanol–water partition coefficient (Wildman–Crippen LogP) is 3.46. The maximum atomic E-state index is 5.93. The Hall–Kier alpha value is -1.80. The van der Waals surface area contributed by atoms with E-state index < -0.39 is 0 Å². The lowest BCUT2D eigenvalue weighted by Gasteiger charge is -2.26. The molecule has 2 aromatic carbocycles. The number of nitrogens with one attached hydrogen (secondary N) is 1. The Morgan fingerprint density at radius 2 is 1.50 bits per heavy atom. The Morgan fingerprint density at radius 1 is 0.875 bits per heavy atom. The van der Waals surface area contributed by atoms with Crippen LogP contribution in [-0.4, -0.2) is 26.2 Å². The third kappa shape index (κ3) is 4.18. The van der Waals surface area contributed by atoms with E-state index >= 15 is 0 Å². The zero-order valence-electron chi connectivity index (χ0n) is 15.1. The van der Waals surface area contributed by atoms with Crippen molar-refractivity contribution < 1.29 is 9.64 Å². The minimum Gasteiger partial charge on any atom is -0.493 e. The molecule has 0 amide bonds. The molecule has 0 atom stereocenters. The van der Waals surface area contributed by atoms with Crippen molar-refractivity contribution in [2.75, 3.05) is 26.2 Å². The van der Waals surface area contributed by atoms with Crippen molar-refractivity contribution >= 4 is 0 Å². The highest BCUT2D eigenvalue weighted by atomic mass is 16.5. The number of hydrogen-bond acceptors (Lipinski definition) is 1. The van der Waals surface area contributed by atoms with Gasteiger partial charge in [-0.1, -0.05) is 56.3 Å². The van der Waals surface area contributed by atoms with E-state index in [1.807, 2.05) is 0 Å². The van der Waals surface area contributed by atoms with Crippen molar-refractivity contribution in [1.82, 2.24) is 0 Å². The molecule has 2 aromatic rings. The summed E-state index contributed by atoms with van der Waals surface area (Å²) in [6, 6.07) is 19.3. The van der Waals surface area contributed by atoms with Gasteiger partial charge in [-0.15, -0.1) is 0 Å². The van der Waals surface area contributed by atoms with E-state index in [4.69, 9.17) is 4.74 Å². The van der Waals surface area contributed by atoms with Gasteiger partial charge >= 0.3 is 0 Å². The Labute approximate surface area is 146 Å². The average molecular weight is 324 g/mol. The quantitative estimate of drug-likeness (QED) is 0.770. The minimum absolute atomic E-state index is 0.0128. The Bertz CT molecular complexity index is 612. The van der Waals surface area contributed by atoms with E-state index in [1.165, 1.54) is 43.6 Å². The number of quaternary nitrogens is 1. The summed E-state index contributed by atoms with van der Waals surface area (Å²) in [5, 5.41) is 0. The van der Waals surface area contributed by atoms with Crippen LogP contribution < -0.4 is 9.64 Å². The van der Waals surface area contributed by atoms with Gasteiger partial charge in [0.1, 0.15) is 5.75 Å². The molecule has 0 radical (unpaired) electrons. The SMILES string of the molecule is CC(C)(c1ccccc1)c1ccc(OCCC[NH+]2CCCC2)cc1. The van der Waals surface area contributed by atoms with Crippen LogP contribution >= 0.6 is 0 Å². The van der Waals surface area contributed by atoms with Gasteiger partial charge in [-0.25, -0.2) is 0 Å². The molecule has 1 aliphatic rings. The van der Waals surface area contributed by atoms with Crippen LogP contribution in [0.5, 0.6) is 5.75 Å². The summed E-state index contributed by atoms with van der Waals surface area (Å²) in [7, 11) is 0. The van der Waals surface area contributed by atoms with Crippen molar-refractivity contribution in [3.8, 4) is 5.75 Å². The zero-order valence-corrected chi connectivity index (χ0v) is 15.1. The molecule has 2 nitrogen and oxygen atoms in total. The van der Waals surface area contributed by atoms with E-state index in [9.17, 15) is 0 Å². The first-order chi connectivity index (χ1) is 11.7. The number of ether oxygens (including phenoxy) is 1. The van der Waals surface area contributed by atoms with Crippen molar-refractivity contribution in [2.45, 2.75) is 38.5 Å². The maximum Gasteiger partial charge on any atom is 0.119 e. The molecule has 1 heterocycles. The molecule has 1 aliphatic heterocycles. The van der Waals surface area contributed by atoms with Crippen LogP contribution in [0.2, 0.25) is 0 Å². The van der Waals surface area contributed by atoms with Gasteiger partial charge < -0.3 is 9.64 Å². The fourth-order valence-electron chi connectivity index (χ4n) is 3.63. The number of hydrogen-bond donors (Lipinski definition) is 1. The van der Waals surface area contributed by atoms with Gasteiger partial charge in [0.15, 0.2) is 0 Å². The monoisotopic (exact) mass is 324 g/mol. The van der Waals surface area contributed by atoms with Crippen LogP contribution in [0.4, 0.5) is 0 Å². The van der Waals surface area contributed by atoms with Crippen LogP contribution in [0.25, 0.3) is 0 Å². The van der Waals surface area contributed by atoms with Gasteiger partial charge in [0.2, 0.25) is 0 Å². The molecule has 1 fully saturated rings. The van der Waals surface area contributed by atoms with Crippen molar-refractivity contribution in [3.05, 3.63) is 65.7 Å². The smallest absolute Gasteiger partial charge is 0.119 e. The molecular formula is C22H30NO+. The zero-order chi connectivity index (χ0) is 16.8. The fraction of sp³-hybridized carbons (Fsp3) is 0.455. The largest absolute Gasteiger partial charge is 0.493 e. The highest BCUT2D eigenvalue weighted by molar-refractivity contribution is 5.39. The molecule has 0 bridgehead atoms. The molecule has 0 unspecified atom stereocenters. The standard InChI is InChI=1S/C22H29NO/c1-22(2,19-9-4-3-5-10-19)20-11-13-21(14-12-20)24-18-8-17-23-15-6-7-16-23/h3-5,9-14H,6-8,15-18H2,1-2H3/p+1. The van der Waals surface area contributed by atoms with Crippen LogP contribution in [0.15, 0.2) is 54.6 Å². The van der Waals surface area contributed by atoms with E-state index in [1.54, 1.807) is 4.90 Å². The number of benzene rings is 2. The third-order valence-electron chi connectivity index (χ3n) is 5.33. The van der Waals surface area contributed by atoms with Crippen LogP contribution in [-0.2, 0) is 5.41 Å².